The van der Waals surface area contributed by atoms with Crippen LogP contribution >= 0.6 is 0 Å². The van der Waals surface area contributed by atoms with Crippen molar-refractivity contribution in [2.75, 3.05) is 12.4 Å². The molecule has 1 aliphatic carbocycles. The van der Waals surface area contributed by atoms with Crippen LogP contribution in [0.15, 0.2) is 30.5 Å². The lowest BCUT2D eigenvalue weighted by Gasteiger charge is -2.20. The number of hydrogen-bond acceptors (Lipinski definition) is 4. The number of methoxy groups -OCH3 is 1. The summed E-state index contributed by atoms with van der Waals surface area (Å²) in [6.07, 6.45) is 8.39. The van der Waals surface area contributed by atoms with Crippen molar-refractivity contribution in [3.8, 4) is 17.0 Å². The van der Waals surface area contributed by atoms with Gasteiger partial charge in [0.15, 0.2) is 5.82 Å². The average molecular weight is 339 g/mol. The first-order chi connectivity index (χ1) is 12.2. The number of rotatable bonds is 5. The highest BCUT2D eigenvalue weighted by molar-refractivity contribution is 5.90. The van der Waals surface area contributed by atoms with Crippen molar-refractivity contribution in [3.05, 3.63) is 36.2 Å². The van der Waals surface area contributed by atoms with E-state index >= 15 is 0 Å². The van der Waals surface area contributed by atoms with Gasteiger partial charge in [0.1, 0.15) is 5.75 Å². The van der Waals surface area contributed by atoms with Gasteiger partial charge in [-0.05, 0) is 49.9 Å². The lowest BCUT2D eigenvalue weighted by molar-refractivity contribution is -0.117. The minimum Gasteiger partial charge on any atom is -0.497 e. The number of nitrogens with zero attached hydrogens (tertiary/aromatic N) is 2. The van der Waals surface area contributed by atoms with Gasteiger partial charge in [0.05, 0.1) is 24.7 Å². The molecule has 1 aromatic carbocycles. The third-order valence-corrected chi connectivity index (χ3v) is 4.79. The topological polar surface area (TPSA) is 64.1 Å². The highest BCUT2D eigenvalue weighted by Crippen LogP contribution is 2.27. The SMILES string of the molecule is COc1ccc(-c2cnc(NC(=O)CC3CCCCC3)c(C)n2)cc1. The Balaban J connectivity index is 1.65. The zero-order valence-electron chi connectivity index (χ0n) is 14.9. The summed E-state index contributed by atoms with van der Waals surface area (Å²) in [5.41, 5.74) is 2.48. The first-order valence-electron chi connectivity index (χ1n) is 8.93. The molecule has 3 rings (SSSR count). The molecule has 0 aliphatic heterocycles. The number of benzene rings is 1. The second-order valence-corrected chi connectivity index (χ2v) is 6.67. The number of anilines is 1. The molecule has 1 heterocycles. The van der Waals surface area contributed by atoms with Gasteiger partial charge in [-0.1, -0.05) is 19.3 Å². The Morgan fingerprint density at radius 2 is 1.92 bits per heavy atom. The Morgan fingerprint density at radius 3 is 2.56 bits per heavy atom. The summed E-state index contributed by atoms with van der Waals surface area (Å²) in [6, 6.07) is 7.69. The molecular weight excluding hydrogens is 314 g/mol. The van der Waals surface area contributed by atoms with Crippen LogP contribution in [0, 0.1) is 12.8 Å². The Kier molecular flexibility index (Phi) is 5.64. The van der Waals surface area contributed by atoms with Gasteiger partial charge >= 0.3 is 0 Å². The van der Waals surface area contributed by atoms with E-state index in [4.69, 9.17) is 4.74 Å². The van der Waals surface area contributed by atoms with Crippen molar-refractivity contribution in [1.82, 2.24) is 9.97 Å². The van der Waals surface area contributed by atoms with E-state index in [1.165, 1.54) is 19.3 Å². The molecule has 1 aliphatic rings. The van der Waals surface area contributed by atoms with E-state index in [0.29, 0.717) is 18.2 Å². The van der Waals surface area contributed by atoms with Gasteiger partial charge in [-0.2, -0.15) is 0 Å². The largest absolute Gasteiger partial charge is 0.497 e. The van der Waals surface area contributed by atoms with Gasteiger partial charge in [0.2, 0.25) is 5.91 Å². The third kappa shape index (κ3) is 4.56. The van der Waals surface area contributed by atoms with Gasteiger partial charge in [0, 0.05) is 12.0 Å². The van der Waals surface area contributed by atoms with Crippen LogP contribution in [0.4, 0.5) is 5.82 Å². The van der Waals surface area contributed by atoms with Crippen molar-refractivity contribution in [1.29, 1.82) is 0 Å². The van der Waals surface area contributed by atoms with Crippen LogP contribution in [0.2, 0.25) is 0 Å². The van der Waals surface area contributed by atoms with E-state index in [-0.39, 0.29) is 5.91 Å². The zero-order chi connectivity index (χ0) is 17.6. The maximum atomic E-state index is 12.3. The van der Waals surface area contributed by atoms with Crippen molar-refractivity contribution < 1.29 is 9.53 Å². The van der Waals surface area contributed by atoms with E-state index in [0.717, 1.165) is 35.5 Å². The second-order valence-electron chi connectivity index (χ2n) is 6.67. The molecule has 5 heteroatoms. The normalized spacial score (nSPS) is 15.0. The molecule has 25 heavy (non-hydrogen) atoms. The quantitative estimate of drug-likeness (QED) is 0.878. The standard InChI is InChI=1S/C20H25N3O2/c1-14-20(23-19(24)12-15-6-4-3-5-7-15)21-13-18(22-14)16-8-10-17(25-2)11-9-16/h8-11,13,15H,3-7,12H2,1-2H3,(H,21,23,24). The van der Waals surface area contributed by atoms with Crippen molar-refractivity contribution in [2.24, 2.45) is 5.92 Å². The fourth-order valence-corrected chi connectivity index (χ4v) is 3.34. The van der Waals surface area contributed by atoms with Crippen LogP contribution < -0.4 is 10.1 Å². The van der Waals surface area contributed by atoms with Gasteiger partial charge in [-0.3, -0.25) is 4.79 Å². The number of aryl methyl sites for hydroxylation is 1. The van der Waals surface area contributed by atoms with Gasteiger partial charge < -0.3 is 10.1 Å². The second kappa shape index (κ2) is 8.10. The Hall–Kier alpha value is -2.43. The summed E-state index contributed by atoms with van der Waals surface area (Å²) in [5.74, 6) is 1.92. The predicted octanol–water partition coefficient (Wildman–Crippen LogP) is 4.37. The number of ether oxygens (including phenoxy) is 1. The minimum atomic E-state index is 0.0431. The summed E-state index contributed by atoms with van der Waals surface area (Å²) in [5, 5.41) is 2.92. The van der Waals surface area contributed by atoms with E-state index in [2.05, 4.69) is 15.3 Å². The van der Waals surface area contributed by atoms with E-state index < -0.39 is 0 Å². The summed E-state index contributed by atoms with van der Waals surface area (Å²) in [6.45, 7) is 1.87. The van der Waals surface area contributed by atoms with Gasteiger partial charge in [-0.25, -0.2) is 9.97 Å². The van der Waals surface area contributed by atoms with Gasteiger partial charge in [-0.15, -0.1) is 0 Å². The van der Waals surface area contributed by atoms with Crippen molar-refractivity contribution in [2.45, 2.75) is 45.4 Å². The number of hydrogen-bond donors (Lipinski definition) is 1. The number of nitrogens with one attached hydrogen (secondary N) is 1. The highest BCUT2D eigenvalue weighted by atomic mass is 16.5. The molecule has 0 atom stereocenters. The zero-order valence-corrected chi connectivity index (χ0v) is 14.9. The molecule has 0 spiro atoms. The molecule has 0 radical (unpaired) electrons. The number of amides is 1. The van der Waals surface area contributed by atoms with Crippen molar-refractivity contribution >= 4 is 11.7 Å². The first-order valence-corrected chi connectivity index (χ1v) is 8.93. The monoisotopic (exact) mass is 339 g/mol. The summed E-state index contributed by atoms with van der Waals surface area (Å²) in [7, 11) is 1.64. The Bertz CT molecular complexity index is 722. The summed E-state index contributed by atoms with van der Waals surface area (Å²) >= 11 is 0. The van der Waals surface area contributed by atoms with E-state index in [1.54, 1.807) is 13.3 Å². The predicted molar refractivity (Wildman–Crippen MR) is 98.6 cm³/mol. The Morgan fingerprint density at radius 1 is 1.20 bits per heavy atom. The molecule has 0 unspecified atom stereocenters. The van der Waals surface area contributed by atoms with E-state index in [9.17, 15) is 4.79 Å². The maximum absolute atomic E-state index is 12.3. The molecule has 1 amide bonds. The third-order valence-electron chi connectivity index (χ3n) is 4.79. The molecule has 1 N–H and O–H groups in total. The molecule has 0 saturated heterocycles. The van der Waals surface area contributed by atoms with E-state index in [1.807, 2.05) is 31.2 Å². The molecule has 5 nitrogen and oxygen atoms in total. The van der Waals surface area contributed by atoms with Crippen LogP contribution in [-0.2, 0) is 4.79 Å². The Labute approximate surface area is 148 Å². The summed E-state index contributed by atoms with van der Waals surface area (Å²) < 4.78 is 5.17. The smallest absolute Gasteiger partial charge is 0.225 e. The fraction of sp³-hybridized carbons (Fsp3) is 0.450. The molecule has 1 aromatic heterocycles. The van der Waals surface area contributed by atoms with Crippen LogP contribution in [0.5, 0.6) is 5.75 Å². The fourth-order valence-electron chi connectivity index (χ4n) is 3.34. The number of carbonyl (C=O) groups excluding carboxylic acids is 1. The molecule has 2 aromatic rings. The lowest BCUT2D eigenvalue weighted by Crippen LogP contribution is -2.19. The van der Waals surface area contributed by atoms with Crippen LogP contribution in [0.25, 0.3) is 11.3 Å². The highest BCUT2D eigenvalue weighted by Gasteiger charge is 2.18. The molecular formula is C20H25N3O2. The first kappa shape index (κ1) is 17.4. The number of aromatic nitrogens is 2. The van der Waals surface area contributed by atoms with Crippen LogP contribution in [0.1, 0.15) is 44.2 Å². The average Bonchev–Trinajstić information content (AvgIpc) is 2.64. The van der Waals surface area contributed by atoms with Crippen LogP contribution in [-0.4, -0.2) is 23.0 Å². The molecule has 132 valence electrons. The lowest BCUT2D eigenvalue weighted by atomic mass is 9.87. The molecule has 0 bridgehead atoms. The maximum Gasteiger partial charge on any atom is 0.225 e. The van der Waals surface area contributed by atoms with Crippen LogP contribution in [0.3, 0.4) is 0 Å². The van der Waals surface area contributed by atoms with Crippen molar-refractivity contribution in [3.63, 3.8) is 0 Å². The molecule has 1 fully saturated rings. The minimum absolute atomic E-state index is 0.0431. The summed E-state index contributed by atoms with van der Waals surface area (Å²) in [4.78, 5) is 21.3. The van der Waals surface area contributed by atoms with Gasteiger partial charge in [0.25, 0.3) is 0 Å². The number of carbonyl (C=O) groups is 1. The molecule has 1 saturated carbocycles.